The predicted octanol–water partition coefficient (Wildman–Crippen LogP) is 2.96. The second kappa shape index (κ2) is 7.65. The van der Waals surface area contributed by atoms with E-state index in [4.69, 9.17) is 5.11 Å². The van der Waals surface area contributed by atoms with Gasteiger partial charge in [0.15, 0.2) is 0 Å². The van der Waals surface area contributed by atoms with Crippen molar-refractivity contribution in [3.05, 3.63) is 0 Å². The summed E-state index contributed by atoms with van der Waals surface area (Å²) in [5, 5.41) is 11.6. The van der Waals surface area contributed by atoms with Crippen molar-refractivity contribution in [2.45, 2.75) is 64.2 Å². The molecule has 4 nitrogen and oxygen atoms in total. The van der Waals surface area contributed by atoms with Crippen molar-refractivity contribution in [2.75, 3.05) is 6.54 Å². The van der Waals surface area contributed by atoms with Crippen LogP contribution in [0.1, 0.15) is 64.2 Å². The van der Waals surface area contributed by atoms with E-state index < -0.39 is 5.97 Å². The van der Waals surface area contributed by atoms with Crippen LogP contribution in [-0.2, 0) is 9.59 Å². The number of carboxylic acid groups (broad SMARTS) is 1. The zero-order chi connectivity index (χ0) is 14.4. The average Bonchev–Trinajstić information content (AvgIpc) is 3.15. The number of nitrogens with one attached hydrogen (secondary N) is 1. The van der Waals surface area contributed by atoms with Crippen LogP contribution in [0.5, 0.6) is 0 Å². The van der Waals surface area contributed by atoms with Gasteiger partial charge in [-0.25, -0.2) is 0 Å². The van der Waals surface area contributed by atoms with E-state index in [0.717, 1.165) is 38.6 Å². The number of carboxylic acids is 1. The first kappa shape index (κ1) is 15.3. The Labute approximate surface area is 121 Å². The Bertz CT molecular complexity index is 331. The van der Waals surface area contributed by atoms with E-state index in [9.17, 15) is 9.59 Å². The lowest BCUT2D eigenvalue weighted by atomic mass is 10.0. The highest BCUT2D eigenvalue weighted by Crippen LogP contribution is 2.55. The molecular weight excluding hydrogens is 254 g/mol. The second-order valence-corrected chi connectivity index (χ2v) is 6.34. The molecule has 2 rings (SSSR count). The maximum Gasteiger partial charge on any atom is 0.303 e. The maximum atomic E-state index is 12.0. The molecule has 2 unspecified atom stereocenters. The summed E-state index contributed by atoms with van der Waals surface area (Å²) in [7, 11) is 0. The summed E-state index contributed by atoms with van der Waals surface area (Å²) >= 11 is 0. The molecule has 2 atom stereocenters. The molecule has 2 aliphatic carbocycles. The number of unbranched alkanes of at least 4 members (excludes halogenated alkanes) is 4. The van der Waals surface area contributed by atoms with Crippen LogP contribution in [0.2, 0.25) is 0 Å². The first-order chi connectivity index (χ1) is 9.70. The van der Waals surface area contributed by atoms with Gasteiger partial charge in [-0.2, -0.15) is 0 Å². The Hall–Kier alpha value is -1.06. The molecule has 2 aliphatic rings. The summed E-state index contributed by atoms with van der Waals surface area (Å²) in [4.78, 5) is 22.3. The Balaban J connectivity index is 1.43. The van der Waals surface area contributed by atoms with Gasteiger partial charge in [-0.3, -0.25) is 9.59 Å². The highest BCUT2D eigenvalue weighted by Gasteiger charge is 2.54. The van der Waals surface area contributed by atoms with E-state index in [0.29, 0.717) is 17.8 Å². The topological polar surface area (TPSA) is 66.4 Å². The molecule has 0 aromatic heterocycles. The SMILES string of the molecule is O=C(O)CCCCCCCNC(=O)C1C2CCCCC21. The molecule has 1 amide bonds. The van der Waals surface area contributed by atoms with Crippen LogP contribution in [0.15, 0.2) is 0 Å². The van der Waals surface area contributed by atoms with E-state index >= 15 is 0 Å². The van der Waals surface area contributed by atoms with Crippen LogP contribution in [0.3, 0.4) is 0 Å². The molecule has 0 saturated heterocycles. The van der Waals surface area contributed by atoms with E-state index in [1.54, 1.807) is 0 Å². The fourth-order valence-corrected chi connectivity index (χ4v) is 3.64. The quantitative estimate of drug-likeness (QED) is 0.638. The third-order valence-electron chi connectivity index (χ3n) is 4.83. The Morgan fingerprint density at radius 1 is 0.950 bits per heavy atom. The minimum Gasteiger partial charge on any atom is -0.481 e. The molecule has 0 bridgehead atoms. The lowest BCUT2D eigenvalue weighted by Gasteiger charge is -2.04. The number of rotatable bonds is 9. The predicted molar refractivity (Wildman–Crippen MR) is 77.3 cm³/mol. The lowest BCUT2D eigenvalue weighted by molar-refractivity contribution is -0.137. The highest BCUT2D eigenvalue weighted by molar-refractivity contribution is 5.82. The maximum absolute atomic E-state index is 12.0. The summed E-state index contributed by atoms with van der Waals surface area (Å²) in [6, 6.07) is 0. The van der Waals surface area contributed by atoms with Crippen LogP contribution in [0.25, 0.3) is 0 Å². The average molecular weight is 281 g/mol. The van der Waals surface area contributed by atoms with Gasteiger partial charge in [0.05, 0.1) is 0 Å². The number of aliphatic carboxylic acids is 1. The second-order valence-electron chi connectivity index (χ2n) is 6.34. The number of hydrogen-bond donors (Lipinski definition) is 2. The minimum atomic E-state index is -0.705. The molecule has 0 spiro atoms. The number of fused-ring (bicyclic) bond motifs is 1. The summed E-state index contributed by atoms with van der Waals surface area (Å²) in [6.07, 6.45) is 10.3. The van der Waals surface area contributed by atoms with Crippen molar-refractivity contribution in [2.24, 2.45) is 17.8 Å². The molecule has 0 aromatic carbocycles. The van der Waals surface area contributed by atoms with Gasteiger partial charge in [0.25, 0.3) is 0 Å². The van der Waals surface area contributed by atoms with Gasteiger partial charge in [0.2, 0.25) is 5.91 Å². The first-order valence-corrected chi connectivity index (χ1v) is 8.19. The van der Waals surface area contributed by atoms with E-state index in [-0.39, 0.29) is 12.3 Å². The molecule has 0 aliphatic heterocycles. The number of carbonyl (C=O) groups is 2. The first-order valence-electron chi connectivity index (χ1n) is 8.19. The van der Waals surface area contributed by atoms with Crippen LogP contribution < -0.4 is 5.32 Å². The van der Waals surface area contributed by atoms with Crippen LogP contribution >= 0.6 is 0 Å². The molecule has 0 heterocycles. The normalized spacial score (nSPS) is 27.7. The van der Waals surface area contributed by atoms with Gasteiger partial charge in [0, 0.05) is 18.9 Å². The Kier molecular flexibility index (Phi) is 5.86. The van der Waals surface area contributed by atoms with Crippen molar-refractivity contribution in [1.82, 2.24) is 5.32 Å². The third-order valence-corrected chi connectivity index (χ3v) is 4.83. The van der Waals surface area contributed by atoms with E-state index in [2.05, 4.69) is 5.32 Å². The molecule has 4 heteroatoms. The summed E-state index contributed by atoms with van der Waals surface area (Å²) in [5.41, 5.74) is 0. The van der Waals surface area contributed by atoms with Crippen molar-refractivity contribution >= 4 is 11.9 Å². The minimum absolute atomic E-state index is 0.279. The summed E-state index contributed by atoms with van der Waals surface area (Å²) < 4.78 is 0. The standard InChI is InChI=1S/C16H27NO3/c18-14(19)10-4-2-1-3-7-11-17-16(20)15-12-8-5-6-9-13(12)15/h12-13,15H,1-11H2,(H,17,20)(H,18,19). The zero-order valence-electron chi connectivity index (χ0n) is 12.3. The van der Waals surface area contributed by atoms with Gasteiger partial charge in [0.1, 0.15) is 0 Å². The Morgan fingerprint density at radius 3 is 2.20 bits per heavy atom. The lowest BCUT2D eigenvalue weighted by Crippen LogP contribution is -2.27. The van der Waals surface area contributed by atoms with E-state index in [1.807, 2.05) is 0 Å². The summed E-state index contributed by atoms with van der Waals surface area (Å²) in [6.45, 7) is 0.785. The van der Waals surface area contributed by atoms with Crippen molar-refractivity contribution in [3.8, 4) is 0 Å². The van der Waals surface area contributed by atoms with Crippen molar-refractivity contribution in [3.63, 3.8) is 0 Å². The fourth-order valence-electron chi connectivity index (χ4n) is 3.64. The molecule has 2 N–H and O–H groups in total. The van der Waals surface area contributed by atoms with Gasteiger partial charge in [-0.15, -0.1) is 0 Å². The molecule has 2 saturated carbocycles. The fraction of sp³-hybridized carbons (Fsp3) is 0.875. The molecule has 2 fully saturated rings. The van der Waals surface area contributed by atoms with Crippen LogP contribution in [-0.4, -0.2) is 23.5 Å². The number of amides is 1. The van der Waals surface area contributed by atoms with Gasteiger partial charge >= 0.3 is 5.97 Å². The highest BCUT2D eigenvalue weighted by atomic mass is 16.4. The smallest absolute Gasteiger partial charge is 0.303 e. The van der Waals surface area contributed by atoms with Crippen molar-refractivity contribution < 1.29 is 14.7 Å². The third kappa shape index (κ3) is 4.50. The van der Waals surface area contributed by atoms with Crippen molar-refractivity contribution in [1.29, 1.82) is 0 Å². The molecular formula is C16H27NO3. The largest absolute Gasteiger partial charge is 0.481 e. The zero-order valence-corrected chi connectivity index (χ0v) is 12.3. The Morgan fingerprint density at radius 2 is 1.55 bits per heavy atom. The summed E-state index contributed by atoms with van der Waals surface area (Å²) in [5.74, 6) is 1.29. The van der Waals surface area contributed by atoms with Gasteiger partial charge < -0.3 is 10.4 Å². The van der Waals surface area contributed by atoms with Gasteiger partial charge in [-0.1, -0.05) is 32.1 Å². The number of carbonyl (C=O) groups excluding carboxylic acids is 1. The van der Waals surface area contributed by atoms with Crippen LogP contribution in [0, 0.1) is 17.8 Å². The number of hydrogen-bond acceptors (Lipinski definition) is 2. The monoisotopic (exact) mass is 281 g/mol. The van der Waals surface area contributed by atoms with E-state index in [1.165, 1.54) is 25.7 Å². The van der Waals surface area contributed by atoms with Gasteiger partial charge in [-0.05, 0) is 37.5 Å². The molecule has 0 aromatic rings. The molecule has 0 radical (unpaired) electrons. The molecule has 20 heavy (non-hydrogen) atoms. The van der Waals surface area contributed by atoms with Crippen LogP contribution in [0.4, 0.5) is 0 Å². The molecule has 114 valence electrons.